The molecule has 2 amide bonds. The molecule has 18 heavy (non-hydrogen) atoms. The van der Waals surface area contributed by atoms with Gasteiger partial charge in [0.25, 0.3) is 0 Å². The van der Waals surface area contributed by atoms with E-state index in [9.17, 15) is 9.59 Å². The van der Waals surface area contributed by atoms with Crippen molar-refractivity contribution in [3.63, 3.8) is 0 Å². The highest BCUT2D eigenvalue weighted by molar-refractivity contribution is 5.75. The monoisotopic (exact) mass is 254 g/mol. The van der Waals surface area contributed by atoms with E-state index >= 15 is 0 Å². The number of rotatable bonds is 6. The molecule has 0 saturated heterocycles. The molecule has 0 aromatic carbocycles. The van der Waals surface area contributed by atoms with Crippen LogP contribution in [0.5, 0.6) is 0 Å². The number of nitrogens with one attached hydrogen (secondary N) is 2. The standard InChI is InChI=1S/C13H22N2O3/c16-11(17)7-8-14-13(18)15-12(9-3-1-4-9)10-5-2-6-10/h9-10,12H,1-8H2,(H,16,17)(H2,14,15,18). The smallest absolute Gasteiger partial charge is 0.315 e. The Morgan fingerprint density at radius 2 is 1.67 bits per heavy atom. The molecular weight excluding hydrogens is 232 g/mol. The third kappa shape index (κ3) is 3.37. The summed E-state index contributed by atoms with van der Waals surface area (Å²) in [7, 11) is 0. The second-order valence-electron chi connectivity index (χ2n) is 5.45. The molecule has 2 aliphatic carbocycles. The largest absolute Gasteiger partial charge is 0.481 e. The summed E-state index contributed by atoms with van der Waals surface area (Å²) in [6.07, 6.45) is 7.40. The molecule has 5 heteroatoms. The highest BCUT2D eigenvalue weighted by Crippen LogP contribution is 2.39. The van der Waals surface area contributed by atoms with Crippen LogP contribution in [0, 0.1) is 11.8 Å². The van der Waals surface area contributed by atoms with Gasteiger partial charge in [0.1, 0.15) is 0 Å². The maximum Gasteiger partial charge on any atom is 0.315 e. The van der Waals surface area contributed by atoms with Crippen LogP contribution in [0.2, 0.25) is 0 Å². The van der Waals surface area contributed by atoms with E-state index in [1.807, 2.05) is 0 Å². The predicted octanol–water partition coefficient (Wildman–Crippen LogP) is 1.73. The summed E-state index contributed by atoms with van der Waals surface area (Å²) < 4.78 is 0. The van der Waals surface area contributed by atoms with Crippen LogP contribution in [0.25, 0.3) is 0 Å². The molecule has 2 aliphatic rings. The third-order valence-electron chi connectivity index (χ3n) is 4.24. The fourth-order valence-corrected chi connectivity index (χ4v) is 2.70. The molecular formula is C13H22N2O3. The van der Waals surface area contributed by atoms with Gasteiger partial charge in [0, 0.05) is 12.6 Å². The summed E-state index contributed by atoms with van der Waals surface area (Å²) in [6.45, 7) is 0.198. The maximum absolute atomic E-state index is 11.7. The van der Waals surface area contributed by atoms with Crippen LogP contribution in [-0.4, -0.2) is 29.7 Å². The molecule has 0 unspecified atom stereocenters. The lowest BCUT2D eigenvalue weighted by Gasteiger charge is -2.42. The number of carbonyl (C=O) groups excluding carboxylic acids is 1. The van der Waals surface area contributed by atoms with E-state index in [0.717, 1.165) is 0 Å². The Kier molecular flexibility index (Phi) is 4.44. The molecule has 0 atom stereocenters. The van der Waals surface area contributed by atoms with Crippen molar-refractivity contribution in [1.82, 2.24) is 10.6 Å². The topological polar surface area (TPSA) is 78.4 Å². The molecule has 0 bridgehead atoms. The molecule has 0 heterocycles. The van der Waals surface area contributed by atoms with Gasteiger partial charge < -0.3 is 15.7 Å². The van der Waals surface area contributed by atoms with Crippen LogP contribution < -0.4 is 10.6 Å². The highest BCUT2D eigenvalue weighted by Gasteiger charge is 2.36. The van der Waals surface area contributed by atoms with Gasteiger partial charge in [0.2, 0.25) is 0 Å². The number of carbonyl (C=O) groups is 2. The van der Waals surface area contributed by atoms with Crippen LogP contribution in [-0.2, 0) is 4.79 Å². The minimum absolute atomic E-state index is 0.0229. The summed E-state index contributed by atoms with van der Waals surface area (Å²) in [5, 5.41) is 14.2. The summed E-state index contributed by atoms with van der Waals surface area (Å²) in [6, 6.07) is 0.0948. The first-order valence-corrected chi connectivity index (χ1v) is 6.93. The fourth-order valence-electron chi connectivity index (χ4n) is 2.70. The lowest BCUT2D eigenvalue weighted by Crippen LogP contribution is -2.52. The number of hydrogen-bond acceptors (Lipinski definition) is 2. The minimum Gasteiger partial charge on any atom is -0.481 e. The van der Waals surface area contributed by atoms with E-state index in [2.05, 4.69) is 10.6 Å². The average Bonchev–Trinajstić information content (AvgIpc) is 2.10. The number of carboxylic acid groups (broad SMARTS) is 1. The normalized spacial score (nSPS) is 20.1. The lowest BCUT2D eigenvalue weighted by molar-refractivity contribution is -0.136. The van der Waals surface area contributed by atoms with Crippen molar-refractivity contribution in [2.45, 2.75) is 51.0 Å². The van der Waals surface area contributed by atoms with Crippen molar-refractivity contribution < 1.29 is 14.7 Å². The second kappa shape index (κ2) is 6.07. The van der Waals surface area contributed by atoms with Crippen LogP contribution >= 0.6 is 0 Å². The van der Waals surface area contributed by atoms with E-state index in [0.29, 0.717) is 17.9 Å². The zero-order chi connectivity index (χ0) is 13.0. The Morgan fingerprint density at radius 3 is 2.06 bits per heavy atom. The zero-order valence-corrected chi connectivity index (χ0v) is 10.7. The molecule has 5 nitrogen and oxygen atoms in total. The van der Waals surface area contributed by atoms with Crippen LogP contribution in [0.3, 0.4) is 0 Å². The van der Waals surface area contributed by atoms with Gasteiger partial charge >= 0.3 is 12.0 Å². The molecule has 0 aromatic rings. The second-order valence-corrected chi connectivity index (χ2v) is 5.45. The number of urea groups is 1. The number of hydrogen-bond donors (Lipinski definition) is 3. The van der Waals surface area contributed by atoms with E-state index < -0.39 is 5.97 Å². The van der Waals surface area contributed by atoms with E-state index in [1.54, 1.807) is 0 Å². The molecule has 0 spiro atoms. The highest BCUT2D eigenvalue weighted by atomic mass is 16.4. The summed E-state index contributed by atoms with van der Waals surface area (Å²) >= 11 is 0. The molecule has 0 aromatic heterocycles. The van der Waals surface area contributed by atoms with Gasteiger partial charge in [-0.1, -0.05) is 12.8 Å². The molecule has 2 fully saturated rings. The fraction of sp³-hybridized carbons (Fsp3) is 0.846. The van der Waals surface area contributed by atoms with Crippen molar-refractivity contribution in [3.05, 3.63) is 0 Å². The van der Waals surface area contributed by atoms with Crippen molar-refractivity contribution in [2.24, 2.45) is 11.8 Å². The van der Waals surface area contributed by atoms with Gasteiger partial charge in [-0.05, 0) is 37.5 Å². The first-order valence-electron chi connectivity index (χ1n) is 6.93. The van der Waals surface area contributed by atoms with Crippen LogP contribution in [0.4, 0.5) is 4.79 Å². The molecule has 0 aliphatic heterocycles. The van der Waals surface area contributed by atoms with Crippen molar-refractivity contribution in [2.75, 3.05) is 6.54 Å². The van der Waals surface area contributed by atoms with Gasteiger partial charge in [-0.3, -0.25) is 4.79 Å². The van der Waals surface area contributed by atoms with E-state index in [4.69, 9.17) is 5.11 Å². The van der Waals surface area contributed by atoms with Gasteiger partial charge in [0.05, 0.1) is 6.42 Å². The molecule has 102 valence electrons. The van der Waals surface area contributed by atoms with Gasteiger partial charge in [-0.25, -0.2) is 4.79 Å². The maximum atomic E-state index is 11.7. The predicted molar refractivity (Wildman–Crippen MR) is 67.3 cm³/mol. The van der Waals surface area contributed by atoms with Crippen molar-refractivity contribution in [1.29, 1.82) is 0 Å². The first-order chi connectivity index (χ1) is 8.66. The van der Waals surface area contributed by atoms with Crippen LogP contribution in [0.15, 0.2) is 0 Å². The lowest BCUT2D eigenvalue weighted by atomic mass is 9.68. The Bertz CT molecular complexity index is 297. The Morgan fingerprint density at radius 1 is 1.11 bits per heavy atom. The summed E-state index contributed by atoms with van der Waals surface area (Å²) in [5.74, 6) is 0.394. The Hall–Kier alpha value is -1.26. The Labute approximate surface area is 107 Å². The number of carboxylic acids is 1. The first kappa shape index (κ1) is 13.2. The summed E-state index contributed by atoms with van der Waals surface area (Å²) in [5.41, 5.74) is 0. The molecule has 0 radical (unpaired) electrons. The van der Waals surface area contributed by atoms with Crippen molar-refractivity contribution in [3.8, 4) is 0 Å². The van der Waals surface area contributed by atoms with Crippen LogP contribution in [0.1, 0.15) is 44.9 Å². The molecule has 2 saturated carbocycles. The van der Waals surface area contributed by atoms with Gasteiger partial charge in [-0.15, -0.1) is 0 Å². The average molecular weight is 254 g/mol. The van der Waals surface area contributed by atoms with Gasteiger partial charge in [0.15, 0.2) is 0 Å². The van der Waals surface area contributed by atoms with Crippen molar-refractivity contribution >= 4 is 12.0 Å². The molecule has 2 rings (SSSR count). The third-order valence-corrected chi connectivity index (χ3v) is 4.24. The zero-order valence-electron chi connectivity index (χ0n) is 10.7. The SMILES string of the molecule is O=C(O)CCNC(=O)NC(C1CCC1)C1CCC1. The van der Waals surface area contributed by atoms with E-state index in [-0.39, 0.29) is 19.0 Å². The Balaban J connectivity index is 1.73. The van der Waals surface area contributed by atoms with Gasteiger partial charge in [-0.2, -0.15) is 0 Å². The molecule has 3 N–H and O–H groups in total. The number of amides is 2. The number of aliphatic carboxylic acids is 1. The minimum atomic E-state index is -0.884. The summed E-state index contributed by atoms with van der Waals surface area (Å²) in [4.78, 5) is 22.1. The van der Waals surface area contributed by atoms with E-state index in [1.165, 1.54) is 38.5 Å². The quantitative estimate of drug-likeness (QED) is 0.675.